The van der Waals surface area contributed by atoms with Crippen molar-refractivity contribution in [3.8, 4) is 17.0 Å². The third-order valence-corrected chi connectivity index (χ3v) is 5.12. The molecule has 0 radical (unpaired) electrons. The third-order valence-electron chi connectivity index (χ3n) is 5.12. The first-order chi connectivity index (χ1) is 14.9. The average Bonchev–Trinajstić information content (AvgIpc) is 3.11. The molecule has 0 atom stereocenters. The molecule has 4 aromatic rings. The SMILES string of the molecule is COc1ccc(NC(=O)c2cc(-c3cnn(C)c3C)nc3ccccc23)c([N+](=O)[O-])c1. The fourth-order valence-electron chi connectivity index (χ4n) is 3.34. The number of para-hydroxylation sites is 1. The van der Waals surface area contributed by atoms with E-state index < -0.39 is 10.8 Å². The highest BCUT2D eigenvalue weighted by atomic mass is 16.6. The fourth-order valence-corrected chi connectivity index (χ4v) is 3.34. The summed E-state index contributed by atoms with van der Waals surface area (Å²) in [6.45, 7) is 1.92. The zero-order chi connectivity index (χ0) is 22.1. The maximum atomic E-state index is 13.2. The first-order valence-electron chi connectivity index (χ1n) is 9.41. The number of carbonyl (C=O) groups is 1. The van der Waals surface area contributed by atoms with E-state index in [0.29, 0.717) is 27.9 Å². The van der Waals surface area contributed by atoms with Gasteiger partial charge in [0.2, 0.25) is 0 Å². The number of hydrogen-bond acceptors (Lipinski definition) is 6. The van der Waals surface area contributed by atoms with Crippen molar-refractivity contribution in [2.75, 3.05) is 12.4 Å². The Hall–Kier alpha value is -4.27. The van der Waals surface area contributed by atoms with E-state index in [-0.39, 0.29) is 11.4 Å². The summed E-state index contributed by atoms with van der Waals surface area (Å²) in [5, 5.41) is 19.0. The van der Waals surface area contributed by atoms with Crippen LogP contribution in [0.4, 0.5) is 11.4 Å². The third kappa shape index (κ3) is 3.68. The number of carbonyl (C=O) groups excluding carboxylic acids is 1. The molecule has 0 aliphatic carbocycles. The molecule has 2 aromatic carbocycles. The first kappa shape index (κ1) is 20.0. The number of hydrogen-bond donors (Lipinski definition) is 1. The van der Waals surface area contributed by atoms with Crippen molar-refractivity contribution in [2.24, 2.45) is 7.05 Å². The minimum absolute atomic E-state index is 0.0794. The molecule has 0 aliphatic heterocycles. The van der Waals surface area contributed by atoms with Gasteiger partial charge in [0.25, 0.3) is 11.6 Å². The molecule has 1 amide bonds. The maximum absolute atomic E-state index is 13.2. The number of methoxy groups -OCH3 is 1. The smallest absolute Gasteiger partial charge is 0.296 e. The van der Waals surface area contributed by atoms with Crippen molar-refractivity contribution in [2.45, 2.75) is 6.92 Å². The molecule has 0 spiro atoms. The number of aryl methyl sites for hydroxylation is 1. The molecule has 4 rings (SSSR count). The van der Waals surface area contributed by atoms with E-state index in [1.165, 1.54) is 19.2 Å². The van der Waals surface area contributed by atoms with Gasteiger partial charge in [-0.15, -0.1) is 0 Å². The Labute approximate surface area is 177 Å². The van der Waals surface area contributed by atoms with Crippen LogP contribution in [0.2, 0.25) is 0 Å². The van der Waals surface area contributed by atoms with Crippen molar-refractivity contribution in [3.63, 3.8) is 0 Å². The molecule has 2 heterocycles. The second-order valence-electron chi connectivity index (χ2n) is 6.93. The molecule has 0 bridgehead atoms. The van der Waals surface area contributed by atoms with Crippen molar-refractivity contribution < 1.29 is 14.5 Å². The van der Waals surface area contributed by atoms with E-state index in [9.17, 15) is 14.9 Å². The Bertz CT molecular complexity index is 1330. The van der Waals surface area contributed by atoms with Gasteiger partial charge in [-0.05, 0) is 31.2 Å². The molecule has 31 heavy (non-hydrogen) atoms. The normalized spacial score (nSPS) is 10.8. The van der Waals surface area contributed by atoms with Crippen molar-refractivity contribution in [3.05, 3.63) is 76.1 Å². The van der Waals surface area contributed by atoms with Gasteiger partial charge in [-0.3, -0.25) is 19.6 Å². The number of ether oxygens (including phenoxy) is 1. The molecular weight excluding hydrogens is 398 g/mol. The van der Waals surface area contributed by atoms with E-state index >= 15 is 0 Å². The Balaban J connectivity index is 1.81. The summed E-state index contributed by atoms with van der Waals surface area (Å²) < 4.78 is 6.78. The number of nitro benzene ring substituents is 1. The van der Waals surface area contributed by atoms with Crippen LogP contribution >= 0.6 is 0 Å². The fraction of sp³-hybridized carbons (Fsp3) is 0.136. The van der Waals surface area contributed by atoms with E-state index in [0.717, 1.165) is 11.3 Å². The van der Waals surface area contributed by atoms with Crippen LogP contribution in [0.3, 0.4) is 0 Å². The summed E-state index contributed by atoms with van der Waals surface area (Å²) in [5.74, 6) is -0.150. The van der Waals surface area contributed by atoms with Crippen LogP contribution in [-0.2, 0) is 7.05 Å². The van der Waals surface area contributed by atoms with Crippen LogP contribution in [0.5, 0.6) is 5.75 Å². The summed E-state index contributed by atoms with van der Waals surface area (Å²) in [5.41, 5.74) is 3.12. The summed E-state index contributed by atoms with van der Waals surface area (Å²) in [7, 11) is 3.25. The molecule has 156 valence electrons. The quantitative estimate of drug-likeness (QED) is 0.386. The van der Waals surface area contributed by atoms with Gasteiger partial charge in [0.05, 0.1) is 41.1 Å². The van der Waals surface area contributed by atoms with Gasteiger partial charge in [-0.2, -0.15) is 5.10 Å². The molecular formula is C22H19N5O4. The zero-order valence-corrected chi connectivity index (χ0v) is 17.1. The van der Waals surface area contributed by atoms with Gasteiger partial charge in [0, 0.05) is 23.7 Å². The minimum Gasteiger partial charge on any atom is -0.496 e. The Kier molecular flexibility index (Phi) is 5.08. The molecule has 0 saturated heterocycles. The van der Waals surface area contributed by atoms with E-state index in [1.54, 1.807) is 29.1 Å². The zero-order valence-electron chi connectivity index (χ0n) is 17.1. The number of rotatable bonds is 5. The van der Waals surface area contributed by atoms with Gasteiger partial charge < -0.3 is 10.1 Å². The second-order valence-corrected chi connectivity index (χ2v) is 6.93. The Morgan fingerprint density at radius 2 is 1.97 bits per heavy atom. The van der Waals surface area contributed by atoms with Gasteiger partial charge in [0.15, 0.2) is 0 Å². The number of nitrogens with zero attached hydrogens (tertiary/aromatic N) is 4. The topological polar surface area (TPSA) is 112 Å². The molecule has 1 N–H and O–H groups in total. The number of pyridine rings is 1. The predicted molar refractivity (Wildman–Crippen MR) is 116 cm³/mol. The Morgan fingerprint density at radius 3 is 2.65 bits per heavy atom. The predicted octanol–water partition coefficient (Wildman–Crippen LogP) is 4.11. The van der Waals surface area contributed by atoms with Gasteiger partial charge in [-0.1, -0.05) is 18.2 Å². The standard InChI is InChI=1S/C22H19N5O4/c1-13-17(12-23-26(13)2)20-11-16(15-6-4-5-7-18(15)24-20)22(28)25-19-9-8-14(31-3)10-21(19)27(29)30/h4-12H,1-3H3,(H,25,28). The van der Waals surface area contributed by atoms with Crippen molar-refractivity contribution >= 4 is 28.2 Å². The summed E-state index contributed by atoms with van der Waals surface area (Å²) in [6, 6.07) is 13.2. The molecule has 0 aliphatic rings. The lowest BCUT2D eigenvalue weighted by molar-refractivity contribution is -0.384. The molecule has 0 fully saturated rings. The Morgan fingerprint density at radius 1 is 1.19 bits per heavy atom. The highest BCUT2D eigenvalue weighted by molar-refractivity contribution is 6.13. The molecule has 0 unspecified atom stereocenters. The lowest BCUT2D eigenvalue weighted by Crippen LogP contribution is -2.14. The number of amides is 1. The summed E-state index contributed by atoms with van der Waals surface area (Å²) in [6.07, 6.45) is 1.70. The maximum Gasteiger partial charge on any atom is 0.296 e. The van der Waals surface area contributed by atoms with E-state index in [4.69, 9.17) is 4.74 Å². The van der Waals surface area contributed by atoms with Gasteiger partial charge >= 0.3 is 0 Å². The summed E-state index contributed by atoms with van der Waals surface area (Å²) in [4.78, 5) is 28.8. The lowest BCUT2D eigenvalue weighted by atomic mass is 10.0. The largest absolute Gasteiger partial charge is 0.496 e. The molecule has 0 saturated carbocycles. The average molecular weight is 417 g/mol. The minimum atomic E-state index is -0.562. The number of fused-ring (bicyclic) bond motifs is 1. The first-order valence-corrected chi connectivity index (χ1v) is 9.41. The van der Waals surface area contributed by atoms with Crippen LogP contribution in [0.25, 0.3) is 22.2 Å². The van der Waals surface area contributed by atoms with Crippen LogP contribution < -0.4 is 10.1 Å². The van der Waals surface area contributed by atoms with Crippen LogP contribution in [0.1, 0.15) is 16.1 Å². The number of nitrogens with one attached hydrogen (secondary N) is 1. The van der Waals surface area contributed by atoms with Crippen LogP contribution in [0.15, 0.2) is 54.7 Å². The number of benzene rings is 2. The van der Waals surface area contributed by atoms with E-state index in [1.807, 2.05) is 32.2 Å². The molecule has 9 nitrogen and oxygen atoms in total. The highest BCUT2D eigenvalue weighted by Gasteiger charge is 2.21. The van der Waals surface area contributed by atoms with Gasteiger partial charge in [-0.25, -0.2) is 4.98 Å². The molecule has 9 heteroatoms. The number of anilines is 1. The summed E-state index contributed by atoms with van der Waals surface area (Å²) >= 11 is 0. The van der Waals surface area contributed by atoms with Crippen molar-refractivity contribution in [1.82, 2.24) is 14.8 Å². The van der Waals surface area contributed by atoms with Crippen LogP contribution in [-0.4, -0.2) is 32.7 Å². The molecule has 2 aromatic heterocycles. The van der Waals surface area contributed by atoms with Crippen molar-refractivity contribution in [1.29, 1.82) is 0 Å². The monoisotopic (exact) mass is 417 g/mol. The van der Waals surface area contributed by atoms with E-state index in [2.05, 4.69) is 15.4 Å². The van der Waals surface area contributed by atoms with Gasteiger partial charge in [0.1, 0.15) is 11.4 Å². The number of aromatic nitrogens is 3. The second kappa shape index (κ2) is 7.86. The number of nitro groups is 1. The lowest BCUT2D eigenvalue weighted by Gasteiger charge is -2.11. The van der Waals surface area contributed by atoms with Crippen LogP contribution in [0, 0.1) is 17.0 Å². The highest BCUT2D eigenvalue weighted by Crippen LogP contribution is 2.31.